The molecule has 1 atom stereocenters. The van der Waals surface area contributed by atoms with Gasteiger partial charge in [0.15, 0.2) is 6.10 Å². The first-order valence-corrected chi connectivity index (χ1v) is 7.15. The number of hydrogen-bond donors (Lipinski definition) is 1. The summed E-state index contributed by atoms with van der Waals surface area (Å²) in [6, 6.07) is 4.26. The Hall–Kier alpha value is -2.15. The van der Waals surface area contributed by atoms with E-state index in [4.69, 9.17) is 10.5 Å². The van der Waals surface area contributed by atoms with Crippen LogP contribution in [0.25, 0.3) is 0 Å². The Labute approximate surface area is 129 Å². The first-order chi connectivity index (χ1) is 10.1. The van der Waals surface area contributed by atoms with E-state index in [9.17, 15) is 14.9 Å². The van der Waals surface area contributed by atoms with E-state index in [0.29, 0.717) is 11.4 Å². The largest absolute Gasteiger partial charge is 0.478 e. The fourth-order valence-corrected chi connectivity index (χ4v) is 2.38. The van der Waals surface area contributed by atoms with Crippen LogP contribution < -0.4 is 15.4 Å². The summed E-state index contributed by atoms with van der Waals surface area (Å²) in [5.74, 6) is 0.230. The Kier molecular flexibility index (Phi) is 4.10. The van der Waals surface area contributed by atoms with Crippen LogP contribution in [0.15, 0.2) is 18.2 Å². The van der Waals surface area contributed by atoms with Gasteiger partial charge in [0.05, 0.1) is 10.6 Å². The normalized spacial score (nSPS) is 18.2. The highest BCUT2D eigenvalue weighted by molar-refractivity contribution is 6.00. The fraction of sp³-hybridized carbons (Fsp3) is 0.533. The number of carbonyl (C=O) groups is 1. The van der Waals surface area contributed by atoms with E-state index in [0.717, 1.165) is 0 Å². The van der Waals surface area contributed by atoms with Gasteiger partial charge in [-0.15, -0.1) is 0 Å². The van der Waals surface area contributed by atoms with E-state index in [1.165, 1.54) is 23.1 Å². The maximum absolute atomic E-state index is 12.7. The van der Waals surface area contributed by atoms with Crippen LogP contribution in [0.5, 0.6) is 5.75 Å². The second kappa shape index (κ2) is 5.57. The molecule has 7 nitrogen and oxygen atoms in total. The second-order valence-electron chi connectivity index (χ2n) is 6.60. The fourth-order valence-electron chi connectivity index (χ4n) is 2.38. The number of nitro groups is 1. The predicted octanol–water partition coefficient (Wildman–Crippen LogP) is 2.08. The molecule has 1 aliphatic heterocycles. The molecule has 1 amide bonds. The molecular formula is C15H21N3O4. The van der Waals surface area contributed by atoms with Gasteiger partial charge in [-0.05, 0) is 25.8 Å². The van der Waals surface area contributed by atoms with Crippen molar-refractivity contribution in [3.63, 3.8) is 0 Å². The van der Waals surface area contributed by atoms with E-state index in [1.54, 1.807) is 13.8 Å². The van der Waals surface area contributed by atoms with E-state index in [1.807, 2.05) is 13.8 Å². The number of amides is 1. The van der Waals surface area contributed by atoms with Gasteiger partial charge in [-0.1, -0.05) is 13.8 Å². The summed E-state index contributed by atoms with van der Waals surface area (Å²) < 4.78 is 5.73. The SMILES string of the molecule is CC(C)C1Oc2ccc([N+](=O)[O-])cc2N(CC(C)(C)N)C1=O. The van der Waals surface area contributed by atoms with Gasteiger partial charge < -0.3 is 15.4 Å². The van der Waals surface area contributed by atoms with Gasteiger partial charge in [-0.2, -0.15) is 0 Å². The molecule has 1 aromatic carbocycles. The Morgan fingerprint density at radius 3 is 2.59 bits per heavy atom. The highest BCUT2D eigenvalue weighted by Gasteiger charge is 2.38. The summed E-state index contributed by atoms with van der Waals surface area (Å²) >= 11 is 0. The lowest BCUT2D eigenvalue weighted by Crippen LogP contribution is -2.54. The molecule has 0 saturated carbocycles. The predicted molar refractivity (Wildman–Crippen MR) is 83.0 cm³/mol. The monoisotopic (exact) mass is 307 g/mol. The lowest BCUT2D eigenvalue weighted by Gasteiger charge is -2.38. The Morgan fingerprint density at radius 1 is 1.45 bits per heavy atom. The zero-order valence-corrected chi connectivity index (χ0v) is 13.2. The molecule has 0 radical (unpaired) electrons. The number of anilines is 1. The van der Waals surface area contributed by atoms with E-state index >= 15 is 0 Å². The number of rotatable bonds is 4. The van der Waals surface area contributed by atoms with Crippen LogP contribution in [0.4, 0.5) is 11.4 Å². The smallest absolute Gasteiger partial charge is 0.271 e. The van der Waals surface area contributed by atoms with Gasteiger partial charge >= 0.3 is 0 Å². The minimum atomic E-state index is -0.629. The quantitative estimate of drug-likeness (QED) is 0.678. The lowest BCUT2D eigenvalue weighted by atomic mass is 10.00. The third-order valence-corrected chi connectivity index (χ3v) is 3.38. The number of carbonyl (C=O) groups excluding carboxylic acids is 1. The van der Waals surface area contributed by atoms with Crippen molar-refractivity contribution < 1.29 is 14.5 Å². The molecule has 120 valence electrons. The third-order valence-electron chi connectivity index (χ3n) is 3.38. The summed E-state index contributed by atoms with van der Waals surface area (Å²) in [5.41, 5.74) is 5.72. The standard InChI is InChI=1S/C15H21N3O4/c1-9(2)13-14(19)17(8-15(3,4)16)11-7-10(18(20)21)5-6-12(11)22-13/h5-7,9,13H,8,16H2,1-4H3. The molecule has 0 saturated heterocycles. The molecule has 2 N–H and O–H groups in total. The highest BCUT2D eigenvalue weighted by Crippen LogP contribution is 2.38. The molecule has 22 heavy (non-hydrogen) atoms. The second-order valence-corrected chi connectivity index (χ2v) is 6.60. The Morgan fingerprint density at radius 2 is 2.09 bits per heavy atom. The number of nitro benzene ring substituents is 1. The minimum Gasteiger partial charge on any atom is -0.478 e. The average molecular weight is 307 g/mol. The molecule has 0 fully saturated rings. The van der Waals surface area contributed by atoms with Crippen molar-refractivity contribution >= 4 is 17.3 Å². The van der Waals surface area contributed by atoms with E-state index in [-0.39, 0.29) is 24.1 Å². The molecule has 0 bridgehead atoms. The maximum atomic E-state index is 12.7. The number of ether oxygens (including phenoxy) is 1. The Bertz CT molecular complexity index is 607. The zero-order valence-electron chi connectivity index (χ0n) is 13.2. The summed E-state index contributed by atoms with van der Waals surface area (Å²) in [7, 11) is 0. The van der Waals surface area contributed by atoms with E-state index < -0.39 is 16.6 Å². The van der Waals surface area contributed by atoms with Crippen LogP contribution in [0, 0.1) is 16.0 Å². The summed E-state index contributed by atoms with van der Waals surface area (Å²) in [6.07, 6.45) is -0.615. The molecule has 2 rings (SSSR count). The highest BCUT2D eigenvalue weighted by atomic mass is 16.6. The first-order valence-electron chi connectivity index (χ1n) is 7.15. The topological polar surface area (TPSA) is 98.7 Å². The zero-order chi connectivity index (χ0) is 16.7. The molecule has 1 unspecified atom stereocenters. The molecule has 1 heterocycles. The van der Waals surface area contributed by atoms with Crippen molar-refractivity contribution in [3.05, 3.63) is 28.3 Å². The summed E-state index contributed by atoms with van der Waals surface area (Å²) in [5, 5.41) is 11.0. The summed E-state index contributed by atoms with van der Waals surface area (Å²) in [6.45, 7) is 7.65. The van der Waals surface area contributed by atoms with Crippen LogP contribution in [-0.4, -0.2) is 29.0 Å². The molecule has 7 heteroatoms. The maximum Gasteiger partial charge on any atom is 0.271 e. The molecule has 1 aliphatic rings. The van der Waals surface area contributed by atoms with Gasteiger partial charge in [-0.25, -0.2) is 0 Å². The molecule has 0 spiro atoms. The van der Waals surface area contributed by atoms with Crippen LogP contribution >= 0.6 is 0 Å². The minimum absolute atomic E-state index is 0.0146. The number of nitrogens with two attached hydrogens (primary N) is 1. The van der Waals surface area contributed by atoms with Crippen molar-refractivity contribution in [3.8, 4) is 5.75 Å². The van der Waals surface area contributed by atoms with Crippen molar-refractivity contribution in [1.29, 1.82) is 0 Å². The number of benzene rings is 1. The number of fused-ring (bicyclic) bond motifs is 1. The number of nitrogens with zero attached hydrogens (tertiary/aromatic N) is 2. The van der Waals surface area contributed by atoms with Gasteiger partial charge in [-0.3, -0.25) is 14.9 Å². The van der Waals surface area contributed by atoms with Crippen molar-refractivity contribution in [2.24, 2.45) is 11.7 Å². The van der Waals surface area contributed by atoms with Crippen molar-refractivity contribution in [2.75, 3.05) is 11.4 Å². The van der Waals surface area contributed by atoms with E-state index in [2.05, 4.69) is 0 Å². The number of non-ortho nitro benzene ring substituents is 1. The van der Waals surface area contributed by atoms with Crippen molar-refractivity contribution in [2.45, 2.75) is 39.3 Å². The first kappa shape index (κ1) is 16.2. The third kappa shape index (κ3) is 3.19. The molecule has 0 aliphatic carbocycles. The lowest BCUT2D eigenvalue weighted by molar-refractivity contribution is -0.384. The average Bonchev–Trinajstić information content (AvgIpc) is 2.39. The van der Waals surface area contributed by atoms with Crippen LogP contribution in [-0.2, 0) is 4.79 Å². The van der Waals surface area contributed by atoms with Gasteiger partial charge in [0, 0.05) is 24.2 Å². The van der Waals surface area contributed by atoms with Gasteiger partial charge in [0.25, 0.3) is 11.6 Å². The summed E-state index contributed by atoms with van der Waals surface area (Å²) in [4.78, 5) is 24.6. The molecule has 0 aromatic heterocycles. The van der Waals surface area contributed by atoms with Gasteiger partial charge in [0.2, 0.25) is 0 Å². The molecule has 1 aromatic rings. The van der Waals surface area contributed by atoms with Crippen LogP contribution in [0.2, 0.25) is 0 Å². The van der Waals surface area contributed by atoms with Gasteiger partial charge in [0.1, 0.15) is 5.75 Å². The Balaban J connectivity index is 2.51. The van der Waals surface area contributed by atoms with Crippen LogP contribution in [0.3, 0.4) is 0 Å². The number of hydrogen-bond acceptors (Lipinski definition) is 5. The van der Waals surface area contributed by atoms with Crippen LogP contribution in [0.1, 0.15) is 27.7 Å². The van der Waals surface area contributed by atoms with Crippen molar-refractivity contribution in [1.82, 2.24) is 0 Å². The molecular weight excluding hydrogens is 286 g/mol.